The second-order valence-electron chi connectivity index (χ2n) is 6.69. The minimum Gasteiger partial charge on any atom is -0.296 e. The van der Waals surface area contributed by atoms with Crippen LogP contribution in [-0.4, -0.2) is 11.8 Å². The van der Waals surface area contributed by atoms with Crippen molar-refractivity contribution >= 4 is 11.8 Å². The smallest absolute Gasteiger partial charge is 0.230 e. The average Bonchev–Trinajstić information content (AvgIpc) is 2.36. The summed E-state index contributed by atoms with van der Waals surface area (Å²) in [7, 11) is 0. The Bertz CT molecular complexity index is 555. The van der Waals surface area contributed by atoms with Crippen molar-refractivity contribution in [1.29, 1.82) is 0 Å². The molecule has 1 aromatic rings. The topological polar surface area (TPSA) is 46.2 Å². The van der Waals surface area contributed by atoms with Gasteiger partial charge in [0.1, 0.15) is 5.82 Å². The molecule has 2 unspecified atom stereocenters. The van der Waals surface area contributed by atoms with Crippen molar-refractivity contribution in [1.82, 2.24) is 5.32 Å². The molecule has 1 aliphatic rings. The highest BCUT2D eigenvalue weighted by Gasteiger charge is 2.45. The maximum Gasteiger partial charge on any atom is 0.230 e. The van der Waals surface area contributed by atoms with Gasteiger partial charge in [-0.1, -0.05) is 39.0 Å². The lowest BCUT2D eigenvalue weighted by Gasteiger charge is -2.40. The molecule has 21 heavy (non-hydrogen) atoms. The fourth-order valence-corrected chi connectivity index (χ4v) is 3.20. The molecule has 0 bridgehead atoms. The van der Waals surface area contributed by atoms with Crippen LogP contribution in [0.3, 0.4) is 0 Å². The van der Waals surface area contributed by atoms with Gasteiger partial charge in [-0.05, 0) is 35.8 Å². The molecular weight excluding hydrogens is 269 g/mol. The summed E-state index contributed by atoms with van der Waals surface area (Å²) in [6, 6.07) is 6.57. The predicted octanol–water partition coefficient (Wildman–Crippen LogP) is 3.08. The van der Waals surface area contributed by atoms with Gasteiger partial charge in [0.05, 0.1) is 0 Å². The molecule has 114 valence electrons. The van der Waals surface area contributed by atoms with Gasteiger partial charge in [-0.2, -0.15) is 0 Å². The summed E-state index contributed by atoms with van der Waals surface area (Å²) in [4.78, 5) is 24.0. The van der Waals surface area contributed by atoms with E-state index >= 15 is 0 Å². The summed E-state index contributed by atoms with van der Waals surface area (Å²) in [5, 5.41) is 2.42. The van der Waals surface area contributed by atoms with E-state index in [9.17, 15) is 14.0 Å². The lowest BCUT2D eigenvalue weighted by atomic mass is 9.65. The molecule has 4 heteroatoms. The van der Waals surface area contributed by atoms with Gasteiger partial charge in [-0.15, -0.1) is 0 Å². The molecule has 0 aliphatic carbocycles. The lowest BCUT2D eigenvalue weighted by molar-refractivity contribution is -0.143. The Morgan fingerprint density at radius 1 is 1.33 bits per heavy atom. The SMILES string of the molecule is CC(C)CC1C(=O)NC(=O)CC1(C)Cc1ccccc1F. The standard InChI is InChI=1S/C17H22FNO2/c1-11(2)8-13-16(21)19-15(20)10-17(13,3)9-12-6-4-5-7-14(12)18/h4-7,11,13H,8-10H2,1-3H3,(H,19,20,21). The number of halogens is 1. The van der Waals surface area contributed by atoms with Crippen LogP contribution in [0.4, 0.5) is 4.39 Å². The number of nitrogens with one attached hydrogen (secondary N) is 1. The van der Waals surface area contributed by atoms with Crippen LogP contribution in [0, 0.1) is 23.1 Å². The molecule has 0 spiro atoms. The van der Waals surface area contributed by atoms with E-state index in [4.69, 9.17) is 0 Å². The van der Waals surface area contributed by atoms with Gasteiger partial charge in [0, 0.05) is 12.3 Å². The van der Waals surface area contributed by atoms with Crippen molar-refractivity contribution in [3.8, 4) is 0 Å². The third kappa shape index (κ3) is 3.49. The number of amides is 2. The normalized spacial score (nSPS) is 26.0. The highest BCUT2D eigenvalue weighted by atomic mass is 19.1. The number of carbonyl (C=O) groups excluding carboxylic acids is 2. The van der Waals surface area contributed by atoms with E-state index in [1.165, 1.54) is 6.07 Å². The zero-order valence-electron chi connectivity index (χ0n) is 12.8. The van der Waals surface area contributed by atoms with E-state index in [0.29, 0.717) is 24.3 Å². The molecule has 1 fully saturated rings. The molecule has 1 heterocycles. The number of rotatable bonds is 4. The fourth-order valence-electron chi connectivity index (χ4n) is 3.20. The van der Waals surface area contributed by atoms with Crippen LogP contribution in [-0.2, 0) is 16.0 Å². The van der Waals surface area contributed by atoms with Crippen LogP contribution in [0.5, 0.6) is 0 Å². The van der Waals surface area contributed by atoms with Gasteiger partial charge in [0.25, 0.3) is 0 Å². The summed E-state index contributed by atoms with van der Waals surface area (Å²) in [5.74, 6) is -0.693. The minimum atomic E-state index is -0.536. The zero-order valence-corrected chi connectivity index (χ0v) is 12.8. The second kappa shape index (κ2) is 5.96. The van der Waals surface area contributed by atoms with Gasteiger partial charge in [-0.25, -0.2) is 4.39 Å². The number of imide groups is 1. The first-order valence-electron chi connectivity index (χ1n) is 7.39. The highest BCUT2D eigenvalue weighted by Crippen LogP contribution is 2.41. The predicted molar refractivity (Wildman–Crippen MR) is 78.9 cm³/mol. The Morgan fingerprint density at radius 2 is 2.00 bits per heavy atom. The van der Waals surface area contributed by atoms with Gasteiger partial charge in [0.2, 0.25) is 11.8 Å². The van der Waals surface area contributed by atoms with Gasteiger partial charge >= 0.3 is 0 Å². The first-order valence-corrected chi connectivity index (χ1v) is 7.39. The molecule has 1 aromatic carbocycles. The van der Waals surface area contributed by atoms with Crippen molar-refractivity contribution in [3.63, 3.8) is 0 Å². The molecule has 3 nitrogen and oxygen atoms in total. The van der Waals surface area contributed by atoms with E-state index in [2.05, 4.69) is 5.32 Å². The Morgan fingerprint density at radius 3 is 2.62 bits per heavy atom. The quantitative estimate of drug-likeness (QED) is 0.867. The number of carbonyl (C=O) groups is 2. The zero-order chi connectivity index (χ0) is 15.6. The van der Waals surface area contributed by atoms with Crippen LogP contribution in [0.25, 0.3) is 0 Å². The molecule has 2 rings (SSSR count). The van der Waals surface area contributed by atoms with Crippen LogP contribution < -0.4 is 5.32 Å². The fraction of sp³-hybridized carbons (Fsp3) is 0.529. The minimum absolute atomic E-state index is 0.223. The third-order valence-corrected chi connectivity index (χ3v) is 4.24. The third-order valence-electron chi connectivity index (χ3n) is 4.24. The van der Waals surface area contributed by atoms with Crippen LogP contribution in [0.2, 0.25) is 0 Å². The number of piperidine rings is 1. The molecule has 2 amide bonds. The molecule has 1 saturated heterocycles. The van der Waals surface area contributed by atoms with E-state index in [0.717, 1.165) is 0 Å². The molecular formula is C17H22FNO2. The van der Waals surface area contributed by atoms with Crippen LogP contribution >= 0.6 is 0 Å². The maximum atomic E-state index is 13.9. The number of hydrogen-bond donors (Lipinski definition) is 1. The maximum absolute atomic E-state index is 13.9. The monoisotopic (exact) mass is 291 g/mol. The lowest BCUT2D eigenvalue weighted by Crippen LogP contribution is -2.52. The summed E-state index contributed by atoms with van der Waals surface area (Å²) in [6.45, 7) is 6.02. The summed E-state index contributed by atoms with van der Waals surface area (Å²) in [6.07, 6.45) is 1.35. The van der Waals surface area contributed by atoms with Gasteiger partial charge < -0.3 is 0 Å². The van der Waals surface area contributed by atoms with Gasteiger partial charge in [0.15, 0.2) is 0 Å². The van der Waals surface area contributed by atoms with E-state index in [1.807, 2.05) is 20.8 Å². The molecule has 2 atom stereocenters. The van der Waals surface area contributed by atoms with Crippen molar-refractivity contribution < 1.29 is 14.0 Å². The first kappa shape index (κ1) is 15.7. The molecule has 0 saturated carbocycles. The summed E-state index contributed by atoms with van der Waals surface area (Å²) < 4.78 is 13.9. The van der Waals surface area contributed by atoms with Crippen molar-refractivity contribution in [2.75, 3.05) is 0 Å². The van der Waals surface area contributed by atoms with Crippen LogP contribution in [0.1, 0.15) is 39.2 Å². The Kier molecular flexibility index (Phi) is 4.45. The van der Waals surface area contributed by atoms with Crippen molar-refractivity contribution in [3.05, 3.63) is 35.6 Å². The molecule has 1 aliphatic heterocycles. The number of hydrogen-bond acceptors (Lipinski definition) is 2. The Balaban J connectivity index is 2.31. The van der Waals surface area contributed by atoms with Crippen molar-refractivity contribution in [2.24, 2.45) is 17.3 Å². The summed E-state index contributed by atoms with van der Waals surface area (Å²) >= 11 is 0. The average molecular weight is 291 g/mol. The Labute approximate surface area is 124 Å². The molecule has 0 radical (unpaired) electrons. The molecule has 0 aromatic heterocycles. The second-order valence-corrected chi connectivity index (χ2v) is 6.69. The Hall–Kier alpha value is -1.71. The van der Waals surface area contributed by atoms with Crippen LogP contribution in [0.15, 0.2) is 24.3 Å². The van der Waals surface area contributed by atoms with E-state index < -0.39 is 5.41 Å². The van der Waals surface area contributed by atoms with E-state index in [1.54, 1.807) is 18.2 Å². The molecule has 1 N–H and O–H groups in total. The highest BCUT2D eigenvalue weighted by molar-refractivity contribution is 5.99. The first-order chi connectivity index (χ1) is 9.82. The van der Waals surface area contributed by atoms with E-state index in [-0.39, 0.29) is 30.0 Å². The summed E-state index contributed by atoms with van der Waals surface area (Å²) in [5.41, 5.74) is 0.0301. The van der Waals surface area contributed by atoms with Gasteiger partial charge in [-0.3, -0.25) is 14.9 Å². The van der Waals surface area contributed by atoms with Crippen molar-refractivity contribution in [2.45, 2.75) is 40.0 Å². The largest absolute Gasteiger partial charge is 0.296 e. The number of benzene rings is 1.